The standard InChI is InChI=1S/C23H30N2O4S/c1-18-11-13-22(14-12-18)30(27,28)25-17-7-6-8-20(25)15-16-24-23(26)19(2)29-21-9-4-3-5-10-21/h3-5,9-14,19-20H,6-8,15-17H2,1-2H3,(H,24,26). The van der Waals surface area contributed by atoms with E-state index < -0.39 is 16.1 Å². The van der Waals surface area contributed by atoms with Gasteiger partial charge >= 0.3 is 0 Å². The van der Waals surface area contributed by atoms with Gasteiger partial charge < -0.3 is 10.1 Å². The van der Waals surface area contributed by atoms with Crippen LogP contribution < -0.4 is 10.1 Å². The summed E-state index contributed by atoms with van der Waals surface area (Å²) in [5.74, 6) is 0.436. The third-order valence-corrected chi connectivity index (χ3v) is 7.37. The summed E-state index contributed by atoms with van der Waals surface area (Å²) >= 11 is 0. The van der Waals surface area contributed by atoms with Crippen molar-refractivity contribution in [2.75, 3.05) is 13.1 Å². The zero-order valence-corrected chi connectivity index (χ0v) is 18.4. The minimum atomic E-state index is -3.54. The van der Waals surface area contributed by atoms with Gasteiger partial charge in [-0.25, -0.2) is 8.42 Å². The summed E-state index contributed by atoms with van der Waals surface area (Å²) in [5.41, 5.74) is 1.03. The van der Waals surface area contributed by atoms with E-state index in [2.05, 4.69) is 5.32 Å². The van der Waals surface area contributed by atoms with Crippen molar-refractivity contribution in [1.29, 1.82) is 0 Å². The molecule has 2 aromatic rings. The highest BCUT2D eigenvalue weighted by Gasteiger charge is 2.33. The monoisotopic (exact) mass is 430 g/mol. The molecule has 2 unspecified atom stereocenters. The molecule has 0 aliphatic carbocycles. The van der Waals surface area contributed by atoms with E-state index in [0.29, 0.717) is 30.2 Å². The van der Waals surface area contributed by atoms with E-state index in [4.69, 9.17) is 4.74 Å². The number of nitrogens with one attached hydrogen (secondary N) is 1. The Balaban J connectivity index is 1.56. The van der Waals surface area contributed by atoms with Crippen LogP contribution in [0.1, 0.15) is 38.2 Å². The average molecular weight is 431 g/mol. The molecule has 30 heavy (non-hydrogen) atoms. The lowest BCUT2D eigenvalue weighted by molar-refractivity contribution is -0.127. The fourth-order valence-electron chi connectivity index (χ4n) is 3.69. The molecular formula is C23H30N2O4S. The number of carbonyl (C=O) groups is 1. The second-order valence-corrected chi connectivity index (χ2v) is 9.62. The summed E-state index contributed by atoms with van der Waals surface area (Å²) in [6.07, 6.45) is 2.61. The fourth-order valence-corrected chi connectivity index (χ4v) is 5.41. The van der Waals surface area contributed by atoms with Crippen LogP contribution in [0, 0.1) is 6.92 Å². The van der Waals surface area contributed by atoms with E-state index >= 15 is 0 Å². The highest BCUT2D eigenvalue weighted by atomic mass is 32.2. The Labute approximate surface area is 179 Å². The maximum absolute atomic E-state index is 13.1. The first-order valence-electron chi connectivity index (χ1n) is 10.5. The van der Waals surface area contributed by atoms with Crippen LogP contribution in [0.2, 0.25) is 0 Å². The largest absolute Gasteiger partial charge is 0.481 e. The molecule has 0 spiro atoms. The maximum atomic E-state index is 13.1. The Morgan fingerprint density at radius 3 is 2.53 bits per heavy atom. The van der Waals surface area contributed by atoms with Crippen molar-refractivity contribution >= 4 is 15.9 Å². The van der Waals surface area contributed by atoms with Crippen molar-refractivity contribution in [3.8, 4) is 5.75 Å². The number of carbonyl (C=O) groups excluding carboxylic acids is 1. The summed E-state index contributed by atoms with van der Waals surface area (Å²) in [5, 5.41) is 2.88. The fraction of sp³-hybridized carbons (Fsp3) is 0.435. The Kier molecular flexibility index (Phi) is 7.50. The van der Waals surface area contributed by atoms with Gasteiger partial charge in [-0.05, 0) is 57.4 Å². The van der Waals surface area contributed by atoms with Gasteiger partial charge in [0.15, 0.2) is 6.10 Å². The van der Waals surface area contributed by atoms with Crippen molar-refractivity contribution in [1.82, 2.24) is 9.62 Å². The van der Waals surface area contributed by atoms with Crippen LogP contribution in [0.4, 0.5) is 0 Å². The van der Waals surface area contributed by atoms with E-state index in [1.165, 1.54) is 0 Å². The van der Waals surface area contributed by atoms with Gasteiger partial charge in [-0.3, -0.25) is 4.79 Å². The van der Waals surface area contributed by atoms with Crippen LogP contribution in [0.15, 0.2) is 59.5 Å². The normalized spacial score (nSPS) is 18.5. The summed E-state index contributed by atoms with van der Waals surface area (Å²) in [7, 11) is -3.54. The lowest BCUT2D eigenvalue weighted by Crippen LogP contribution is -2.46. The van der Waals surface area contributed by atoms with Gasteiger partial charge in [0.1, 0.15) is 5.75 Å². The second kappa shape index (κ2) is 10.1. The molecule has 1 fully saturated rings. The molecule has 0 bridgehead atoms. The summed E-state index contributed by atoms with van der Waals surface area (Å²) in [6, 6.07) is 16.1. The van der Waals surface area contributed by atoms with Gasteiger partial charge in [0.2, 0.25) is 10.0 Å². The smallest absolute Gasteiger partial charge is 0.260 e. The number of hydrogen-bond donors (Lipinski definition) is 1. The number of aryl methyl sites for hydroxylation is 1. The third-order valence-electron chi connectivity index (χ3n) is 5.40. The van der Waals surface area contributed by atoms with Gasteiger partial charge in [-0.1, -0.05) is 42.3 Å². The van der Waals surface area contributed by atoms with Gasteiger partial charge in [0, 0.05) is 19.1 Å². The molecule has 1 heterocycles. The van der Waals surface area contributed by atoms with Crippen LogP contribution >= 0.6 is 0 Å². The molecule has 1 amide bonds. The van der Waals surface area contributed by atoms with Crippen molar-refractivity contribution < 1.29 is 17.9 Å². The number of ether oxygens (including phenoxy) is 1. The zero-order chi connectivity index (χ0) is 21.6. The molecule has 2 aromatic carbocycles. The molecule has 0 radical (unpaired) electrons. The SMILES string of the molecule is Cc1ccc(S(=O)(=O)N2CCCCC2CCNC(=O)C(C)Oc2ccccc2)cc1. The lowest BCUT2D eigenvalue weighted by Gasteiger charge is -2.35. The van der Waals surface area contributed by atoms with Crippen LogP contribution in [-0.4, -0.2) is 43.9 Å². The first-order valence-corrected chi connectivity index (χ1v) is 11.9. The zero-order valence-electron chi connectivity index (χ0n) is 17.6. The number of benzene rings is 2. The van der Waals surface area contributed by atoms with E-state index in [-0.39, 0.29) is 11.9 Å². The molecule has 7 heteroatoms. The number of amides is 1. The van der Waals surface area contributed by atoms with Gasteiger partial charge in [-0.15, -0.1) is 0 Å². The van der Waals surface area contributed by atoms with Crippen molar-refractivity contribution in [3.05, 3.63) is 60.2 Å². The first kappa shape index (κ1) is 22.3. The number of rotatable bonds is 8. The molecule has 0 aromatic heterocycles. The summed E-state index contributed by atoms with van der Waals surface area (Å²) in [6.45, 7) is 4.57. The summed E-state index contributed by atoms with van der Waals surface area (Å²) in [4.78, 5) is 12.7. The maximum Gasteiger partial charge on any atom is 0.260 e. The van der Waals surface area contributed by atoms with E-state index in [1.807, 2.05) is 37.3 Å². The highest BCUT2D eigenvalue weighted by Crippen LogP contribution is 2.27. The lowest BCUT2D eigenvalue weighted by atomic mass is 10.0. The van der Waals surface area contributed by atoms with Crippen LogP contribution in [0.25, 0.3) is 0 Å². The topological polar surface area (TPSA) is 75.7 Å². The van der Waals surface area contributed by atoms with Gasteiger partial charge in [-0.2, -0.15) is 4.31 Å². The van der Waals surface area contributed by atoms with Crippen molar-refractivity contribution in [3.63, 3.8) is 0 Å². The Morgan fingerprint density at radius 1 is 1.13 bits per heavy atom. The summed E-state index contributed by atoms with van der Waals surface area (Å²) < 4.78 is 33.5. The van der Waals surface area contributed by atoms with E-state index in [9.17, 15) is 13.2 Å². The number of hydrogen-bond acceptors (Lipinski definition) is 4. The molecule has 1 saturated heterocycles. The number of piperidine rings is 1. The Morgan fingerprint density at radius 2 is 1.83 bits per heavy atom. The second-order valence-electron chi connectivity index (χ2n) is 7.73. The first-order chi connectivity index (χ1) is 14.4. The number of para-hydroxylation sites is 1. The van der Waals surface area contributed by atoms with Crippen LogP contribution in [-0.2, 0) is 14.8 Å². The quantitative estimate of drug-likeness (QED) is 0.695. The predicted molar refractivity (Wildman–Crippen MR) is 117 cm³/mol. The van der Waals surface area contributed by atoms with Crippen LogP contribution in [0.5, 0.6) is 5.75 Å². The number of sulfonamides is 1. The highest BCUT2D eigenvalue weighted by molar-refractivity contribution is 7.89. The van der Waals surface area contributed by atoms with Crippen molar-refractivity contribution in [2.24, 2.45) is 0 Å². The molecule has 0 saturated carbocycles. The van der Waals surface area contributed by atoms with Gasteiger partial charge in [0.25, 0.3) is 5.91 Å². The molecule has 162 valence electrons. The molecule has 1 N–H and O–H groups in total. The van der Waals surface area contributed by atoms with Crippen LogP contribution in [0.3, 0.4) is 0 Å². The Hall–Kier alpha value is -2.38. The minimum absolute atomic E-state index is 0.115. The average Bonchev–Trinajstić information content (AvgIpc) is 2.75. The molecule has 3 rings (SSSR count). The van der Waals surface area contributed by atoms with E-state index in [0.717, 1.165) is 24.8 Å². The van der Waals surface area contributed by atoms with Gasteiger partial charge in [0.05, 0.1) is 4.90 Å². The molecule has 2 atom stereocenters. The number of nitrogens with zero attached hydrogens (tertiary/aromatic N) is 1. The van der Waals surface area contributed by atoms with Crippen molar-refractivity contribution in [2.45, 2.75) is 56.6 Å². The predicted octanol–water partition coefficient (Wildman–Crippen LogP) is 3.51. The molecule has 1 aliphatic rings. The van der Waals surface area contributed by atoms with E-state index in [1.54, 1.807) is 35.5 Å². The Bertz CT molecular complexity index is 929. The molecule has 1 aliphatic heterocycles. The molecule has 6 nitrogen and oxygen atoms in total. The minimum Gasteiger partial charge on any atom is -0.481 e. The molecular weight excluding hydrogens is 400 g/mol. The third kappa shape index (κ3) is 5.61.